The number of nitrogens with one attached hydrogen (secondary N) is 1. The lowest BCUT2D eigenvalue weighted by Gasteiger charge is -2.32. The molecule has 100 valence electrons. The highest BCUT2D eigenvalue weighted by atomic mass is 16.5. The third-order valence-electron chi connectivity index (χ3n) is 3.19. The number of rotatable bonds is 9. The number of ether oxygens (including phenoxy) is 1. The van der Waals surface area contributed by atoms with Crippen molar-refractivity contribution in [3.63, 3.8) is 0 Å². The molecule has 1 aliphatic carbocycles. The first-order chi connectivity index (χ1) is 8.03. The number of hydrogen-bond donors (Lipinski definition) is 2. The molecule has 0 aromatic carbocycles. The lowest BCUT2D eigenvalue weighted by atomic mass is 9.93. The number of carbonyl (C=O) groups is 1. The molecular weight excluding hydrogens is 216 g/mol. The average molecular weight is 242 g/mol. The van der Waals surface area contributed by atoms with Crippen LogP contribution >= 0.6 is 0 Å². The summed E-state index contributed by atoms with van der Waals surface area (Å²) in [6.07, 6.45) is 3.14. The van der Waals surface area contributed by atoms with Crippen LogP contribution in [0.15, 0.2) is 0 Å². The van der Waals surface area contributed by atoms with E-state index in [9.17, 15) is 4.79 Å². The Morgan fingerprint density at radius 1 is 1.53 bits per heavy atom. The third-order valence-corrected chi connectivity index (χ3v) is 3.19. The number of carbonyl (C=O) groups excluding carboxylic acids is 1. The second kappa shape index (κ2) is 6.36. The zero-order chi connectivity index (χ0) is 12.9. The summed E-state index contributed by atoms with van der Waals surface area (Å²) in [5.74, 6) is 0.571. The van der Waals surface area contributed by atoms with Gasteiger partial charge in [0.25, 0.3) is 0 Å². The first-order valence-corrected chi connectivity index (χ1v) is 6.65. The maximum Gasteiger partial charge on any atom is 0.240 e. The van der Waals surface area contributed by atoms with E-state index >= 15 is 0 Å². The van der Waals surface area contributed by atoms with Crippen LogP contribution in [-0.2, 0) is 9.53 Å². The highest BCUT2D eigenvalue weighted by Gasteiger charge is 2.49. The number of hydrogen-bond acceptors (Lipinski definition) is 3. The Kier molecular flexibility index (Phi) is 5.40. The van der Waals surface area contributed by atoms with E-state index in [1.54, 1.807) is 0 Å². The zero-order valence-electron chi connectivity index (χ0n) is 11.3. The van der Waals surface area contributed by atoms with Gasteiger partial charge in [0.05, 0.1) is 6.61 Å². The summed E-state index contributed by atoms with van der Waals surface area (Å²) in [5, 5.41) is 3.32. The van der Waals surface area contributed by atoms with Crippen molar-refractivity contribution in [2.75, 3.05) is 19.8 Å². The predicted octanol–water partition coefficient (Wildman–Crippen LogP) is 1.29. The van der Waals surface area contributed by atoms with E-state index in [2.05, 4.69) is 26.1 Å². The van der Waals surface area contributed by atoms with Crippen LogP contribution in [0.2, 0.25) is 0 Å². The standard InChI is InChI=1S/C13H26N2O2/c1-4-7-15-13(12(14)16,11-5-6-11)9-17-8-10(2)3/h10-11,15H,4-9H2,1-3H3,(H2,14,16). The highest BCUT2D eigenvalue weighted by molar-refractivity contribution is 5.85. The maximum absolute atomic E-state index is 11.8. The van der Waals surface area contributed by atoms with Crippen LogP contribution in [0.1, 0.15) is 40.0 Å². The van der Waals surface area contributed by atoms with Gasteiger partial charge in [-0.15, -0.1) is 0 Å². The molecule has 17 heavy (non-hydrogen) atoms. The quantitative estimate of drug-likeness (QED) is 0.640. The molecule has 0 radical (unpaired) electrons. The van der Waals surface area contributed by atoms with Crippen LogP contribution in [-0.4, -0.2) is 31.2 Å². The molecule has 0 aromatic heterocycles. The molecule has 1 rings (SSSR count). The summed E-state index contributed by atoms with van der Waals surface area (Å²) in [6.45, 7) is 8.18. The van der Waals surface area contributed by atoms with E-state index in [1.165, 1.54) is 0 Å². The number of nitrogens with two attached hydrogens (primary N) is 1. The minimum atomic E-state index is -0.634. The van der Waals surface area contributed by atoms with Gasteiger partial charge in [-0.2, -0.15) is 0 Å². The largest absolute Gasteiger partial charge is 0.379 e. The average Bonchev–Trinajstić information content (AvgIpc) is 3.06. The van der Waals surface area contributed by atoms with E-state index < -0.39 is 5.54 Å². The van der Waals surface area contributed by atoms with Gasteiger partial charge in [0.2, 0.25) is 5.91 Å². The second-order valence-electron chi connectivity index (χ2n) is 5.45. The van der Waals surface area contributed by atoms with Gasteiger partial charge in [-0.3, -0.25) is 4.79 Å². The van der Waals surface area contributed by atoms with Crippen molar-refractivity contribution in [1.82, 2.24) is 5.32 Å². The van der Waals surface area contributed by atoms with Crippen molar-refractivity contribution in [3.05, 3.63) is 0 Å². The molecule has 1 unspecified atom stereocenters. The molecule has 1 atom stereocenters. The van der Waals surface area contributed by atoms with Crippen molar-refractivity contribution >= 4 is 5.91 Å². The van der Waals surface area contributed by atoms with Gasteiger partial charge in [-0.1, -0.05) is 20.8 Å². The highest BCUT2D eigenvalue weighted by Crippen LogP contribution is 2.40. The topological polar surface area (TPSA) is 64.3 Å². The number of primary amides is 1. The molecule has 1 amide bonds. The Hall–Kier alpha value is -0.610. The van der Waals surface area contributed by atoms with E-state index in [-0.39, 0.29) is 5.91 Å². The minimum Gasteiger partial charge on any atom is -0.379 e. The molecule has 0 aromatic rings. The third kappa shape index (κ3) is 3.96. The Labute approximate surface area is 104 Å². The maximum atomic E-state index is 11.8. The fourth-order valence-corrected chi connectivity index (χ4v) is 2.05. The first-order valence-electron chi connectivity index (χ1n) is 6.65. The lowest BCUT2D eigenvalue weighted by molar-refractivity contribution is -0.128. The zero-order valence-corrected chi connectivity index (χ0v) is 11.3. The molecule has 0 bridgehead atoms. The Morgan fingerprint density at radius 3 is 2.59 bits per heavy atom. The fraction of sp³-hybridized carbons (Fsp3) is 0.923. The fourth-order valence-electron chi connectivity index (χ4n) is 2.05. The summed E-state index contributed by atoms with van der Waals surface area (Å²) in [7, 11) is 0. The van der Waals surface area contributed by atoms with Crippen molar-refractivity contribution in [1.29, 1.82) is 0 Å². The number of amides is 1. The van der Waals surface area contributed by atoms with Gasteiger partial charge in [-0.05, 0) is 37.6 Å². The van der Waals surface area contributed by atoms with Crippen LogP contribution in [0, 0.1) is 11.8 Å². The van der Waals surface area contributed by atoms with Crippen LogP contribution in [0.3, 0.4) is 0 Å². The van der Waals surface area contributed by atoms with Crippen LogP contribution in [0.5, 0.6) is 0 Å². The van der Waals surface area contributed by atoms with Crippen molar-refractivity contribution in [2.24, 2.45) is 17.6 Å². The molecule has 1 fully saturated rings. The molecule has 0 aliphatic heterocycles. The normalized spacial score (nSPS) is 19.3. The summed E-state index contributed by atoms with van der Waals surface area (Å²) in [4.78, 5) is 11.8. The Balaban J connectivity index is 2.58. The van der Waals surface area contributed by atoms with Crippen LogP contribution in [0.25, 0.3) is 0 Å². The van der Waals surface area contributed by atoms with Crippen molar-refractivity contribution in [3.8, 4) is 0 Å². The second-order valence-corrected chi connectivity index (χ2v) is 5.45. The van der Waals surface area contributed by atoms with Crippen molar-refractivity contribution < 1.29 is 9.53 Å². The summed E-state index contributed by atoms with van der Waals surface area (Å²) >= 11 is 0. The predicted molar refractivity (Wildman–Crippen MR) is 68.6 cm³/mol. The monoisotopic (exact) mass is 242 g/mol. The molecule has 1 aliphatic rings. The molecule has 4 heteroatoms. The summed E-state index contributed by atoms with van der Waals surface area (Å²) in [6, 6.07) is 0. The van der Waals surface area contributed by atoms with E-state index in [0.717, 1.165) is 25.8 Å². The molecule has 1 saturated carbocycles. The van der Waals surface area contributed by atoms with Gasteiger partial charge in [0.1, 0.15) is 5.54 Å². The van der Waals surface area contributed by atoms with Gasteiger partial charge < -0.3 is 15.8 Å². The van der Waals surface area contributed by atoms with E-state index in [4.69, 9.17) is 10.5 Å². The SMILES string of the molecule is CCCNC(COCC(C)C)(C(N)=O)C1CC1. The molecular formula is C13H26N2O2. The Morgan fingerprint density at radius 2 is 2.18 bits per heavy atom. The van der Waals surface area contributed by atoms with Gasteiger partial charge in [0, 0.05) is 6.61 Å². The van der Waals surface area contributed by atoms with E-state index in [1.807, 2.05) is 0 Å². The van der Waals surface area contributed by atoms with Gasteiger partial charge in [-0.25, -0.2) is 0 Å². The lowest BCUT2D eigenvalue weighted by Crippen LogP contribution is -2.60. The molecule has 4 nitrogen and oxygen atoms in total. The Bertz CT molecular complexity index is 252. The van der Waals surface area contributed by atoms with Crippen molar-refractivity contribution in [2.45, 2.75) is 45.6 Å². The summed E-state index contributed by atoms with van der Waals surface area (Å²) in [5.41, 5.74) is 4.95. The smallest absolute Gasteiger partial charge is 0.240 e. The molecule has 3 N–H and O–H groups in total. The van der Waals surface area contributed by atoms with Gasteiger partial charge in [0.15, 0.2) is 0 Å². The molecule has 0 spiro atoms. The minimum absolute atomic E-state index is 0.266. The van der Waals surface area contributed by atoms with E-state index in [0.29, 0.717) is 25.0 Å². The molecule has 0 saturated heterocycles. The van der Waals surface area contributed by atoms with Gasteiger partial charge >= 0.3 is 0 Å². The van der Waals surface area contributed by atoms with Crippen LogP contribution < -0.4 is 11.1 Å². The summed E-state index contributed by atoms with van der Waals surface area (Å²) < 4.78 is 5.66. The first kappa shape index (κ1) is 14.5. The molecule has 0 heterocycles. The van der Waals surface area contributed by atoms with Crippen LogP contribution in [0.4, 0.5) is 0 Å².